The predicted octanol–water partition coefficient (Wildman–Crippen LogP) is 2.49. The third kappa shape index (κ3) is 4.02. The number of hydrogen-bond acceptors (Lipinski definition) is 4. The van der Waals surface area contributed by atoms with Crippen LogP contribution in [-0.4, -0.2) is 33.1 Å². The minimum Gasteiger partial charge on any atom is -0.467 e. The summed E-state index contributed by atoms with van der Waals surface area (Å²) in [5, 5.41) is 10.4. The number of rotatable bonds is 4. The van der Waals surface area contributed by atoms with Crippen molar-refractivity contribution in [3.8, 4) is 0 Å². The van der Waals surface area contributed by atoms with Gasteiger partial charge in [-0.1, -0.05) is 12.8 Å². The molecule has 134 valence electrons. The molecule has 2 aromatic rings. The van der Waals surface area contributed by atoms with Crippen molar-refractivity contribution in [3.05, 3.63) is 58.4 Å². The van der Waals surface area contributed by atoms with Gasteiger partial charge in [0.25, 0.3) is 5.91 Å². The van der Waals surface area contributed by atoms with E-state index in [0.717, 1.165) is 25.7 Å². The molecule has 0 spiro atoms. The summed E-state index contributed by atoms with van der Waals surface area (Å²) < 4.78 is 6.70. The first kappa shape index (κ1) is 17.5. The molecule has 3 heterocycles. The fourth-order valence-electron chi connectivity index (χ4n) is 3.43. The quantitative estimate of drug-likeness (QED) is 0.924. The number of hydrogen-bond donors (Lipinski definition) is 1. The Bertz CT molecular complexity index is 766. The second kappa shape index (κ2) is 7.70. The molecule has 0 radical (unpaired) electrons. The van der Waals surface area contributed by atoms with Gasteiger partial charge < -0.3 is 19.0 Å². The predicted molar refractivity (Wildman–Crippen MR) is 93.3 cm³/mol. The molecule has 1 amide bonds. The molecule has 1 saturated heterocycles. The van der Waals surface area contributed by atoms with E-state index >= 15 is 0 Å². The number of nitrogens with zero attached hydrogens (tertiary/aromatic N) is 2. The molecular formula is C19H24N2O4. The number of amides is 1. The largest absolute Gasteiger partial charge is 0.467 e. The van der Waals surface area contributed by atoms with Gasteiger partial charge in [0.2, 0.25) is 5.56 Å². The van der Waals surface area contributed by atoms with Gasteiger partial charge in [-0.3, -0.25) is 9.59 Å². The van der Waals surface area contributed by atoms with Gasteiger partial charge in [0.05, 0.1) is 11.8 Å². The maximum absolute atomic E-state index is 13.0. The topological polar surface area (TPSA) is 75.7 Å². The van der Waals surface area contributed by atoms with Gasteiger partial charge in [-0.15, -0.1) is 0 Å². The summed E-state index contributed by atoms with van der Waals surface area (Å²) in [6.45, 7) is 0.664. The fraction of sp³-hybridized carbons (Fsp3) is 0.474. The van der Waals surface area contributed by atoms with E-state index in [1.165, 1.54) is 10.6 Å². The lowest BCUT2D eigenvalue weighted by Gasteiger charge is -2.31. The van der Waals surface area contributed by atoms with Gasteiger partial charge in [-0.05, 0) is 31.0 Å². The lowest BCUT2D eigenvalue weighted by molar-refractivity contribution is 0.0556. The number of aryl methyl sites for hydroxylation is 1. The summed E-state index contributed by atoms with van der Waals surface area (Å²) in [7, 11) is 1.64. The van der Waals surface area contributed by atoms with Crippen molar-refractivity contribution in [1.29, 1.82) is 0 Å². The van der Waals surface area contributed by atoms with E-state index < -0.39 is 6.10 Å². The summed E-state index contributed by atoms with van der Waals surface area (Å²) >= 11 is 0. The van der Waals surface area contributed by atoms with Crippen molar-refractivity contribution >= 4 is 5.91 Å². The van der Waals surface area contributed by atoms with Gasteiger partial charge >= 0.3 is 0 Å². The highest BCUT2D eigenvalue weighted by Gasteiger charge is 2.29. The molecule has 1 aliphatic heterocycles. The number of aliphatic hydroxyl groups is 1. The molecule has 1 aliphatic rings. The van der Waals surface area contributed by atoms with Crippen LogP contribution in [0.15, 0.2) is 45.9 Å². The van der Waals surface area contributed by atoms with Crippen LogP contribution < -0.4 is 5.56 Å². The fourth-order valence-corrected chi connectivity index (χ4v) is 3.43. The van der Waals surface area contributed by atoms with Gasteiger partial charge in [0, 0.05) is 38.3 Å². The summed E-state index contributed by atoms with van der Waals surface area (Å²) in [4.78, 5) is 26.4. The van der Waals surface area contributed by atoms with Crippen LogP contribution in [0.2, 0.25) is 0 Å². The Balaban J connectivity index is 1.80. The molecule has 3 rings (SSSR count). The maximum Gasteiger partial charge on any atom is 0.255 e. The Hall–Kier alpha value is -2.34. The van der Waals surface area contributed by atoms with E-state index in [2.05, 4.69) is 0 Å². The third-order valence-corrected chi connectivity index (χ3v) is 4.84. The van der Waals surface area contributed by atoms with E-state index in [4.69, 9.17) is 4.42 Å². The number of pyridine rings is 1. The Morgan fingerprint density at radius 1 is 1.32 bits per heavy atom. The van der Waals surface area contributed by atoms with Crippen molar-refractivity contribution < 1.29 is 14.3 Å². The van der Waals surface area contributed by atoms with Crippen LogP contribution in [0.1, 0.15) is 54.3 Å². The standard InChI is InChI=1S/C19H24N2O4/c1-20-13-14(8-9-18(20)23)19(24)21-10-4-2-3-6-15(21)12-16(22)17-7-5-11-25-17/h5,7-9,11,13,15-16,22H,2-4,6,10,12H2,1H3. The molecule has 0 bridgehead atoms. The molecule has 0 saturated carbocycles. The lowest BCUT2D eigenvalue weighted by atomic mass is 10.0. The smallest absolute Gasteiger partial charge is 0.255 e. The van der Waals surface area contributed by atoms with Gasteiger partial charge in [0.15, 0.2) is 0 Å². The molecule has 1 N–H and O–H groups in total. The summed E-state index contributed by atoms with van der Waals surface area (Å²) in [5.41, 5.74) is 0.360. The Kier molecular flexibility index (Phi) is 5.38. The molecule has 6 heteroatoms. The number of aliphatic hydroxyl groups excluding tert-OH is 1. The number of aromatic nitrogens is 1. The average Bonchev–Trinajstić information content (AvgIpc) is 3.05. The number of furan rings is 1. The minimum atomic E-state index is -0.728. The Morgan fingerprint density at radius 2 is 2.16 bits per heavy atom. The highest BCUT2D eigenvalue weighted by Crippen LogP contribution is 2.27. The molecule has 0 aliphatic carbocycles. The highest BCUT2D eigenvalue weighted by molar-refractivity contribution is 5.94. The third-order valence-electron chi connectivity index (χ3n) is 4.84. The van der Waals surface area contributed by atoms with Crippen molar-refractivity contribution in [2.75, 3.05) is 6.54 Å². The molecule has 2 aromatic heterocycles. The van der Waals surface area contributed by atoms with Crippen molar-refractivity contribution in [3.63, 3.8) is 0 Å². The zero-order valence-corrected chi connectivity index (χ0v) is 14.4. The number of carbonyl (C=O) groups excluding carboxylic acids is 1. The molecule has 2 unspecified atom stereocenters. The van der Waals surface area contributed by atoms with Crippen molar-refractivity contribution in [1.82, 2.24) is 9.47 Å². The first-order chi connectivity index (χ1) is 12.1. The lowest BCUT2D eigenvalue weighted by Crippen LogP contribution is -2.41. The van der Waals surface area contributed by atoms with Crippen LogP contribution in [0.5, 0.6) is 0 Å². The van der Waals surface area contributed by atoms with E-state index in [1.54, 1.807) is 37.7 Å². The van der Waals surface area contributed by atoms with E-state index in [1.807, 2.05) is 4.90 Å². The minimum absolute atomic E-state index is 0.0488. The molecule has 1 fully saturated rings. The average molecular weight is 344 g/mol. The van der Waals surface area contributed by atoms with Gasteiger partial charge in [0.1, 0.15) is 11.9 Å². The second-order valence-electron chi connectivity index (χ2n) is 6.64. The number of carbonyl (C=O) groups is 1. The number of likely N-dealkylation sites (tertiary alicyclic amines) is 1. The first-order valence-corrected chi connectivity index (χ1v) is 8.75. The normalized spacial score (nSPS) is 19.4. The monoisotopic (exact) mass is 344 g/mol. The molecule has 2 atom stereocenters. The first-order valence-electron chi connectivity index (χ1n) is 8.75. The van der Waals surface area contributed by atoms with Gasteiger partial charge in [-0.2, -0.15) is 0 Å². The highest BCUT2D eigenvalue weighted by atomic mass is 16.4. The van der Waals surface area contributed by atoms with Crippen LogP contribution in [-0.2, 0) is 7.05 Å². The van der Waals surface area contributed by atoms with Crippen LogP contribution in [0.3, 0.4) is 0 Å². The zero-order valence-electron chi connectivity index (χ0n) is 14.4. The van der Waals surface area contributed by atoms with Crippen LogP contribution >= 0.6 is 0 Å². The maximum atomic E-state index is 13.0. The molecular weight excluding hydrogens is 320 g/mol. The summed E-state index contributed by atoms with van der Waals surface area (Å²) in [5.74, 6) is 0.438. The van der Waals surface area contributed by atoms with Crippen LogP contribution in [0.25, 0.3) is 0 Å². The molecule has 25 heavy (non-hydrogen) atoms. The van der Waals surface area contributed by atoms with Crippen LogP contribution in [0, 0.1) is 0 Å². The molecule has 6 nitrogen and oxygen atoms in total. The summed E-state index contributed by atoms with van der Waals surface area (Å²) in [6.07, 6.45) is 6.75. The van der Waals surface area contributed by atoms with E-state index in [9.17, 15) is 14.7 Å². The van der Waals surface area contributed by atoms with Crippen molar-refractivity contribution in [2.24, 2.45) is 7.05 Å². The van der Waals surface area contributed by atoms with Crippen molar-refractivity contribution in [2.45, 2.75) is 44.2 Å². The second-order valence-corrected chi connectivity index (χ2v) is 6.64. The Labute approximate surface area is 146 Å². The van der Waals surface area contributed by atoms with Gasteiger partial charge in [-0.25, -0.2) is 0 Å². The zero-order chi connectivity index (χ0) is 17.8. The SMILES string of the molecule is Cn1cc(C(=O)N2CCCCCC2CC(O)c2ccco2)ccc1=O. The Morgan fingerprint density at radius 3 is 2.88 bits per heavy atom. The van der Waals surface area contributed by atoms with E-state index in [0.29, 0.717) is 24.3 Å². The van der Waals surface area contributed by atoms with E-state index in [-0.39, 0.29) is 17.5 Å². The molecule has 0 aromatic carbocycles. The summed E-state index contributed by atoms with van der Waals surface area (Å²) in [6, 6.07) is 6.44. The van der Waals surface area contributed by atoms with Crippen LogP contribution in [0.4, 0.5) is 0 Å².